The Morgan fingerprint density at radius 2 is 1.96 bits per heavy atom. The first kappa shape index (κ1) is 19.0. The Kier molecular flexibility index (Phi) is 4.93. The summed E-state index contributed by atoms with van der Waals surface area (Å²) in [5.41, 5.74) is -1.95. The van der Waals surface area contributed by atoms with Gasteiger partial charge in [0.05, 0.1) is 12.3 Å². The fraction of sp³-hybridized carbons (Fsp3) is 0.733. The molecule has 0 amide bonds. The largest absolute Gasteiger partial charge is 0.408 e. The zero-order chi connectivity index (χ0) is 18.4. The van der Waals surface area contributed by atoms with Crippen LogP contribution in [0.25, 0.3) is 0 Å². The van der Waals surface area contributed by atoms with E-state index in [1.807, 2.05) is 18.1 Å². The van der Waals surface area contributed by atoms with Gasteiger partial charge in [-0.1, -0.05) is 20.8 Å². The average molecular weight is 360 g/mol. The number of rotatable bonds is 3. The van der Waals surface area contributed by atoms with Crippen molar-refractivity contribution in [1.29, 1.82) is 0 Å². The van der Waals surface area contributed by atoms with Crippen molar-refractivity contribution in [2.75, 3.05) is 0 Å². The highest BCUT2D eigenvalue weighted by atomic mass is 28.4. The summed E-state index contributed by atoms with van der Waals surface area (Å²) in [6, 6.07) is 0. The summed E-state index contributed by atoms with van der Waals surface area (Å²) in [5.74, 6) is -1.12. The average Bonchev–Trinajstić information content (AvgIpc) is 2.69. The third kappa shape index (κ3) is 3.39. The van der Waals surface area contributed by atoms with E-state index in [1.165, 1.54) is 0 Å². The standard InChI is InChI=1S/C15H25FN2O5Si/c1-8-11(23-24(5,6)15(2,3)4)10(19)13(22-8)18-7-9(16)12(20)17-14(18)21/h7-8,10-11,13,19H,1-6H3,(H,17,20,21)/t8-,10-,11-,13-/m1/s1. The highest BCUT2D eigenvalue weighted by Crippen LogP contribution is 2.40. The van der Waals surface area contributed by atoms with Crippen LogP contribution in [0.2, 0.25) is 18.1 Å². The number of nitrogens with zero attached hydrogens (tertiary/aromatic N) is 1. The van der Waals surface area contributed by atoms with Crippen LogP contribution in [-0.2, 0) is 9.16 Å². The van der Waals surface area contributed by atoms with Gasteiger partial charge in [-0.3, -0.25) is 14.3 Å². The Labute approximate surface area is 140 Å². The molecular formula is C15H25FN2O5Si. The van der Waals surface area contributed by atoms with Crippen molar-refractivity contribution in [3.05, 3.63) is 32.9 Å². The number of aromatic nitrogens is 2. The van der Waals surface area contributed by atoms with Gasteiger partial charge < -0.3 is 14.3 Å². The zero-order valence-electron chi connectivity index (χ0n) is 14.8. The fourth-order valence-electron chi connectivity index (χ4n) is 2.38. The minimum atomic E-state index is -2.18. The minimum absolute atomic E-state index is 0.0640. The second-order valence-electron chi connectivity index (χ2n) is 7.71. The molecule has 0 unspecified atom stereocenters. The summed E-state index contributed by atoms with van der Waals surface area (Å²) in [5, 5.41) is 10.5. The Hall–Kier alpha value is -1.29. The molecule has 2 N–H and O–H groups in total. The predicted molar refractivity (Wildman–Crippen MR) is 88.9 cm³/mol. The van der Waals surface area contributed by atoms with Crippen molar-refractivity contribution >= 4 is 8.32 Å². The first-order valence-electron chi connectivity index (χ1n) is 7.87. The van der Waals surface area contributed by atoms with Crippen molar-refractivity contribution < 1.29 is 18.7 Å². The van der Waals surface area contributed by atoms with Gasteiger partial charge in [-0.05, 0) is 25.1 Å². The van der Waals surface area contributed by atoms with Gasteiger partial charge in [-0.25, -0.2) is 4.79 Å². The predicted octanol–water partition coefficient (Wildman–Crippen LogP) is 1.34. The molecule has 1 aromatic rings. The maximum atomic E-state index is 13.5. The van der Waals surface area contributed by atoms with Crippen LogP contribution in [0, 0.1) is 5.82 Å². The molecule has 136 valence electrons. The van der Waals surface area contributed by atoms with E-state index in [2.05, 4.69) is 20.8 Å². The zero-order valence-corrected chi connectivity index (χ0v) is 15.8. The van der Waals surface area contributed by atoms with E-state index >= 15 is 0 Å². The lowest BCUT2D eigenvalue weighted by atomic mass is 10.1. The van der Waals surface area contributed by atoms with E-state index in [0.717, 1.165) is 10.8 Å². The molecule has 24 heavy (non-hydrogen) atoms. The Morgan fingerprint density at radius 3 is 2.50 bits per heavy atom. The lowest BCUT2D eigenvalue weighted by molar-refractivity contribution is -0.0356. The lowest BCUT2D eigenvalue weighted by Crippen LogP contribution is -2.49. The molecule has 0 aliphatic carbocycles. The van der Waals surface area contributed by atoms with Gasteiger partial charge in [-0.15, -0.1) is 0 Å². The van der Waals surface area contributed by atoms with Gasteiger partial charge in [-0.2, -0.15) is 4.39 Å². The van der Waals surface area contributed by atoms with Crippen LogP contribution >= 0.6 is 0 Å². The van der Waals surface area contributed by atoms with E-state index in [-0.39, 0.29) is 5.04 Å². The molecule has 1 fully saturated rings. The van der Waals surface area contributed by atoms with E-state index in [4.69, 9.17) is 9.16 Å². The second kappa shape index (κ2) is 6.21. The number of ether oxygens (including phenoxy) is 1. The number of hydrogen-bond donors (Lipinski definition) is 2. The molecule has 2 rings (SSSR count). The van der Waals surface area contributed by atoms with Crippen LogP contribution in [0.3, 0.4) is 0 Å². The van der Waals surface area contributed by atoms with Gasteiger partial charge >= 0.3 is 5.69 Å². The molecule has 0 radical (unpaired) electrons. The van der Waals surface area contributed by atoms with Crippen LogP contribution in [0.5, 0.6) is 0 Å². The number of aliphatic hydroxyl groups is 1. The normalized spacial score (nSPS) is 28.3. The monoisotopic (exact) mass is 360 g/mol. The molecule has 0 saturated carbocycles. The molecule has 0 bridgehead atoms. The molecule has 0 aromatic carbocycles. The third-order valence-corrected chi connectivity index (χ3v) is 9.35. The van der Waals surface area contributed by atoms with Crippen molar-refractivity contribution in [2.24, 2.45) is 0 Å². The first-order valence-corrected chi connectivity index (χ1v) is 10.8. The van der Waals surface area contributed by atoms with Gasteiger partial charge in [0.25, 0.3) is 5.56 Å². The van der Waals surface area contributed by atoms with E-state index in [1.54, 1.807) is 6.92 Å². The summed E-state index contributed by atoms with van der Waals surface area (Å²) >= 11 is 0. The molecule has 7 nitrogen and oxygen atoms in total. The number of aromatic amines is 1. The highest BCUT2D eigenvalue weighted by molar-refractivity contribution is 6.74. The molecule has 4 atom stereocenters. The van der Waals surface area contributed by atoms with Crippen LogP contribution < -0.4 is 11.2 Å². The Morgan fingerprint density at radius 1 is 1.38 bits per heavy atom. The van der Waals surface area contributed by atoms with Crippen LogP contribution in [-0.4, -0.2) is 41.3 Å². The smallest absolute Gasteiger partial charge is 0.330 e. The SMILES string of the molecule is C[C@H]1O[C@@H](n2cc(F)c(=O)[nH]c2=O)[C@H](O)[C@@H]1O[Si](C)(C)C(C)(C)C. The quantitative estimate of drug-likeness (QED) is 0.794. The lowest BCUT2D eigenvalue weighted by Gasteiger charge is -2.39. The van der Waals surface area contributed by atoms with Crippen molar-refractivity contribution in [3.8, 4) is 0 Å². The molecule has 1 saturated heterocycles. The van der Waals surface area contributed by atoms with Crippen molar-refractivity contribution in [3.63, 3.8) is 0 Å². The maximum absolute atomic E-state index is 13.5. The molecule has 2 heterocycles. The van der Waals surface area contributed by atoms with Gasteiger partial charge in [0.1, 0.15) is 12.2 Å². The van der Waals surface area contributed by atoms with E-state index < -0.39 is 49.9 Å². The molecule has 0 spiro atoms. The Balaban J connectivity index is 2.31. The fourth-order valence-corrected chi connectivity index (χ4v) is 3.75. The summed E-state index contributed by atoms with van der Waals surface area (Å²) in [7, 11) is -2.18. The minimum Gasteiger partial charge on any atom is -0.408 e. The number of halogens is 1. The molecule has 1 aromatic heterocycles. The van der Waals surface area contributed by atoms with Gasteiger partial charge in [0, 0.05) is 0 Å². The second-order valence-corrected chi connectivity index (χ2v) is 12.5. The van der Waals surface area contributed by atoms with Crippen LogP contribution in [0.1, 0.15) is 33.9 Å². The van der Waals surface area contributed by atoms with Gasteiger partial charge in [0.15, 0.2) is 14.5 Å². The Bertz CT molecular complexity index is 724. The topological polar surface area (TPSA) is 93.6 Å². The third-order valence-electron chi connectivity index (χ3n) is 4.88. The molecular weight excluding hydrogens is 335 g/mol. The number of aliphatic hydroxyl groups excluding tert-OH is 1. The maximum Gasteiger partial charge on any atom is 0.330 e. The highest BCUT2D eigenvalue weighted by Gasteiger charge is 2.49. The summed E-state index contributed by atoms with van der Waals surface area (Å²) < 4.78 is 26.2. The molecule has 9 heteroatoms. The number of H-pyrrole nitrogens is 1. The van der Waals surface area contributed by atoms with Gasteiger partial charge in [0.2, 0.25) is 5.82 Å². The number of hydrogen-bond acceptors (Lipinski definition) is 5. The van der Waals surface area contributed by atoms with E-state index in [0.29, 0.717) is 0 Å². The summed E-state index contributed by atoms with van der Waals surface area (Å²) in [6.45, 7) is 12.0. The molecule has 1 aliphatic rings. The number of nitrogens with one attached hydrogen (secondary N) is 1. The first-order chi connectivity index (χ1) is 10.8. The molecule has 1 aliphatic heterocycles. The van der Waals surface area contributed by atoms with Crippen LogP contribution in [0.4, 0.5) is 4.39 Å². The van der Waals surface area contributed by atoms with Crippen LogP contribution in [0.15, 0.2) is 15.8 Å². The van der Waals surface area contributed by atoms with E-state index in [9.17, 15) is 19.1 Å². The summed E-state index contributed by atoms with van der Waals surface area (Å²) in [4.78, 5) is 24.9. The van der Waals surface area contributed by atoms with Crippen molar-refractivity contribution in [2.45, 2.75) is 70.4 Å². The summed E-state index contributed by atoms with van der Waals surface area (Å²) in [6.07, 6.45) is -2.65. The van der Waals surface area contributed by atoms with Crippen molar-refractivity contribution in [1.82, 2.24) is 9.55 Å².